The minimum atomic E-state index is -1.41. The van der Waals surface area contributed by atoms with Crippen LogP contribution in [0.2, 0.25) is 0 Å². The van der Waals surface area contributed by atoms with Gasteiger partial charge in [-0.05, 0) is 39.8 Å². The zero-order valence-corrected chi connectivity index (χ0v) is 16.5. The van der Waals surface area contributed by atoms with Gasteiger partial charge >= 0.3 is 5.97 Å². The lowest BCUT2D eigenvalue weighted by Crippen LogP contribution is -2.41. The van der Waals surface area contributed by atoms with E-state index in [1.165, 1.54) is 0 Å². The summed E-state index contributed by atoms with van der Waals surface area (Å²) in [4.78, 5) is 13.0. The molecule has 3 nitrogen and oxygen atoms in total. The number of alkyl halides is 1. The first kappa shape index (κ1) is 20.2. The van der Waals surface area contributed by atoms with E-state index >= 15 is 0 Å². The number of hydrogen-bond acceptors (Lipinski definition) is 3. The minimum absolute atomic E-state index is 0.325. The molecule has 0 bridgehead atoms. The van der Waals surface area contributed by atoms with Crippen molar-refractivity contribution in [1.82, 2.24) is 0 Å². The van der Waals surface area contributed by atoms with E-state index in [-0.39, 0.29) is 5.97 Å². The van der Waals surface area contributed by atoms with Crippen molar-refractivity contribution >= 4 is 28.4 Å². The maximum Gasteiger partial charge on any atom is 0.309 e. The normalized spacial score (nSPS) is 16.5. The molecular weight excluding hydrogens is 332 g/mol. The van der Waals surface area contributed by atoms with Gasteiger partial charge in [-0.25, -0.2) is 0 Å². The molecule has 23 heavy (non-hydrogen) atoms. The van der Waals surface area contributed by atoms with Crippen LogP contribution in [-0.4, -0.2) is 20.5 Å². The summed E-state index contributed by atoms with van der Waals surface area (Å²) in [5.74, 6) is -0.798. The third-order valence-corrected chi connectivity index (χ3v) is 6.67. The quantitative estimate of drug-likeness (QED) is 0.567. The van der Waals surface area contributed by atoms with Gasteiger partial charge in [0.1, 0.15) is 10.3 Å². The fraction of sp³-hybridized carbons (Fsp3) is 0.611. The van der Waals surface area contributed by atoms with Crippen LogP contribution in [0.5, 0.6) is 0 Å². The lowest BCUT2D eigenvalue weighted by atomic mass is 9.81. The largest absolute Gasteiger partial charge is 0.460 e. The Morgan fingerprint density at radius 1 is 1.13 bits per heavy atom. The molecule has 3 atom stereocenters. The molecule has 0 amide bonds. The molecule has 130 valence electrons. The van der Waals surface area contributed by atoms with Gasteiger partial charge in [-0.15, -0.1) is 11.6 Å². The standard InChI is InChI=1S/C18H27ClO3S/c1-12-8-10-14(11-9-12)23(21)16(19)18(6,7)13(2)15(20)22-17(3,4)5/h8-11,13,16H,1-7H3/t13-,16?,23?/m0/s1. The van der Waals surface area contributed by atoms with Crippen molar-refractivity contribution in [2.24, 2.45) is 11.3 Å². The van der Waals surface area contributed by atoms with Crippen LogP contribution in [-0.2, 0) is 20.3 Å². The average molecular weight is 359 g/mol. The van der Waals surface area contributed by atoms with Gasteiger partial charge in [-0.3, -0.25) is 9.00 Å². The fourth-order valence-electron chi connectivity index (χ4n) is 1.96. The fourth-order valence-corrected chi connectivity index (χ4v) is 3.85. The van der Waals surface area contributed by atoms with E-state index in [0.29, 0.717) is 4.90 Å². The highest BCUT2D eigenvalue weighted by molar-refractivity contribution is 7.87. The van der Waals surface area contributed by atoms with E-state index < -0.39 is 32.4 Å². The van der Waals surface area contributed by atoms with Crippen molar-refractivity contribution < 1.29 is 13.7 Å². The minimum Gasteiger partial charge on any atom is -0.460 e. The smallest absolute Gasteiger partial charge is 0.309 e. The van der Waals surface area contributed by atoms with Crippen molar-refractivity contribution in [3.8, 4) is 0 Å². The molecular formula is C18H27ClO3S. The number of rotatable bonds is 5. The molecule has 1 aromatic carbocycles. The van der Waals surface area contributed by atoms with Crippen LogP contribution in [0, 0.1) is 18.3 Å². The van der Waals surface area contributed by atoms with Crippen LogP contribution < -0.4 is 0 Å². The highest BCUT2D eigenvalue weighted by Gasteiger charge is 2.42. The van der Waals surface area contributed by atoms with Crippen LogP contribution >= 0.6 is 11.6 Å². The van der Waals surface area contributed by atoms with Crippen LogP contribution in [0.4, 0.5) is 0 Å². The summed E-state index contributed by atoms with van der Waals surface area (Å²) in [5.41, 5.74) is -0.142. The van der Waals surface area contributed by atoms with Gasteiger partial charge in [0, 0.05) is 10.3 Å². The molecule has 0 aromatic heterocycles. The molecule has 0 spiro atoms. The molecule has 0 saturated heterocycles. The lowest BCUT2D eigenvalue weighted by molar-refractivity contribution is -0.163. The Morgan fingerprint density at radius 3 is 2.04 bits per heavy atom. The van der Waals surface area contributed by atoms with Crippen LogP contribution in [0.1, 0.15) is 47.1 Å². The second-order valence-electron chi connectivity index (χ2n) is 7.50. The number of halogens is 1. The summed E-state index contributed by atoms with van der Waals surface area (Å²) in [6.07, 6.45) is 0. The predicted molar refractivity (Wildman–Crippen MR) is 96.0 cm³/mol. The van der Waals surface area contributed by atoms with Crippen LogP contribution in [0.25, 0.3) is 0 Å². The maximum atomic E-state index is 12.7. The summed E-state index contributed by atoms with van der Waals surface area (Å²) >= 11 is 6.50. The Kier molecular flexibility index (Phi) is 6.45. The molecule has 0 N–H and O–H groups in total. The summed E-state index contributed by atoms with van der Waals surface area (Å²) in [6.45, 7) is 12.9. The zero-order valence-electron chi connectivity index (χ0n) is 15.0. The van der Waals surface area contributed by atoms with E-state index in [1.807, 2.05) is 65.8 Å². The van der Waals surface area contributed by atoms with Crippen molar-refractivity contribution in [2.45, 2.75) is 63.7 Å². The van der Waals surface area contributed by atoms with E-state index in [9.17, 15) is 9.00 Å². The highest BCUT2D eigenvalue weighted by atomic mass is 35.5. The molecule has 0 aliphatic rings. The topological polar surface area (TPSA) is 43.4 Å². The predicted octanol–water partition coefficient (Wildman–Crippen LogP) is 4.67. The molecule has 5 heteroatoms. The number of esters is 1. The monoisotopic (exact) mass is 358 g/mol. The average Bonchev–Trinajstić information content (AvgIpc) is 2.43. The van der Waals surface area contributed by atoms with E-state index in [4.69, 9.17) is 16.3 Å². The summed E-state index contributed by atoms with van der Waals surface area (Å²) in [5, 5.41) is 0. The Morgan fingerprint density at radius 2 is 1.61 bits per heavy atom. The van der Waals surface area contributed by atoms with Gasteiger partial charge in [0.25, 0.3) is 0 Å². The van der Waals surface area contributed by atoms with Crippen molar-refractivity contribution in [1.29, 1.82) is 0 Å². The molecule has 0 fully saturated rings. The first-order chi connectivity index (χ1) is 10.4. The van der Waals surface area contributed by atoms with Crippen LogP contribution in [0.15, 0.2) is 29.2 Å². The Balaban J connectivity index is 2.94. The molecule has 0 aliphatic carbocycles. The zero-order chi connectivity index (χ0) is 18.0. The van der Waals surface area contributed by atoms with Crippen LogP contribution in [0.3, 0.4) is 0 Å². The molecule has 1 rings (SSSR count). The van der Waals surface area contributed by atoms with Crippen molar-refractivity contribution in [3.63, 3.8) is 0 Å². The molecule has 0 saturated carbocycles. The van der Waals surface area contributed by atoms with Gasteiger partial charge < -0.3 is 4.74 Å². The first-order valence-electron chi connectivity index (χ1n) is 7.70. The number of benzene rings is 1. The number of carbonyl (C=O) groups is 1. The number of ether oxygens (including phenoxy) is 1. The van der Waals surface area contributed by atoms with Crippen molar-refractivity contribution in [3.05, 3.63) is 29.8 Å². The lowest BCUT2D eigenvalue weighted by Gasteiger charge is -2.35. The molecule has 0 heterocycles. The van der Waals surface area contributed by atoms with Gasteiger partial charge in [-0.2, -0.15) is 0 Å². The first-order valence-corrected chi connectivity index (χ1v) is 9.35. The third-order valence-electron chi connectivity index (χ3n) is 3.90. The third kappa shape index (κ3) is 5.32. The van der Waals surface area contributed by atoms with E-state index in [0.717, 1.165) is 5.56 Å². The SMILES string of the molecule is Cc1ccc(S(=O)C(Cl)C(C)(C)[C@@H](C)C(=O)OC(C)(C)C)cc1. The van der Waals surface area contributed by atoms with Gasteiger partial charge in [-0.1, -0.05) is 38.5 Å². The van der Waals surface area contributed by atoms with E-state index in [1.54, 1.807) is 6.92 Å². The molecule has 0 radical (unpaired) electrons. The van der Waals surface area contributed by atoms with E-state index in [2.05, 4.69) is 0 Å². The van der Waals surface area contributed by atoms with Gasteiger partial charge in [0.15, 0.2) is 0 Å². The summed E-state index contributed by atoms with van der Waals surface area (Å²) < 4.78 is 17.5. The Bertz CT molecular complexity index is 573. The maximum absolute atomic E-state index is 12.7. The number of carbonyl (C=O) groups excluding carboxylic acids is 1. The number of hydrogen-bond donors (Lipinski definition) is 0. The summed E-state index contributed by atoms with van der Waals surface area (Å²) in [6, 6.07) is 7.44. The highest BCUT2D eigenvalue weighted by Crippen LogP contribution is 2.39. The van der Waals surface area contributed by atoms with Gasteiger partial charge in [0.05, 0.1) is 16.7 Å². The second-order valence-corrected chi connectivity index (χ2v) is 9.74. The Hall–Kier alpha value is -0.870. The van der Waals surface area contributed by atoms with Crippen molar-refractivity contribution in [2.75, 3.05) is 0 Å². The molecule has 0 aliphatic heterocycles. The number of aryl methyl sites for hydroxylation is 1. The van der Waals surface area contributed by atoms with Gasteiger partial charge in [0.2, 0.25) is 0 Å². The second kappa shape index (κ2) is 7.35. The molecule has 1 aromatic rings. The Labute approximate surface area is 147 Å². The summed E-state index contributed by atoms with van der Waals surface area (Å²) in [7, 11) is -1.41. The molecule has 2 unspecified atom stereocenters.